The largest absolute Gasteiger partial charge is 0.452 e. The smallest absolute Gasteiger partial charge is 0.338 e. The van der Waals surface area contributed by atoms with Crippen LogP contribution in [0.15, 0.2) is 24.3 Å². The van der Waals surface area contributed by atoms with E-state index in [0.717, 1.165) is 18.5 Å². The van der Waals surface area contributed by atoms with E-state index in [1.54, 1.807) is 29.2 Å². The van der Waals surface area contributed by atoms with E-state index >= 15 is 0 Å². The number of carbonyl (C=O) groups is 3. The Morgan fingerprint density at radius 1 is 1.27 bits per heavy atom. The molecule has 0 saturated carbocycles. The van der Waals surface area contributed by atoms with Gasteiger partial charge < -0.3 is 15.0 Å². The van der Waals surface area contributed by atoms with Gasteiger partial charge in [-0.05, 0) is 37.1 Å². The molecule has 0 aliphatic carbocycles. The predicted octanol–water partition coefficient (Wildman–Crippen LogP) is 1.50. The third-order valence-electron chi connectivity index (χ3n) is 3.39. The lowest BCUT2D eigenvalue weighted by atomic mass is 10.2. The molecule has 0 bridgehead atoms. The first-order valence-corrected chi connectivity index (χ1v) is 7.46. The Hall–Kier alpha value is -2.37. The minimum atomic E-state index is -0.550. The van der Waals surface area contributed by atoms with Crippen molar-refractivity contribution in [2.75, 3.05) is 24.6 Å². The fourth-order valence-electron chi connectivity index (χ4n) is 2.23. The molecule has 1 aromatic carbocycles. The van der Waals surface area contributed by atoms with Crippen LogP contribution in [0.25, 0.3) is 0 Å². The highest BCUT2D eigenvalue weighted by Crippen LogP contribution is 2.21. The second kappa shape index (κ2) is 7.59. The molecule has 1 aromatic rings. The van der Waals surface area contributed by atoms with Gasteiger partial charge in [0.1, 0.15) is 0 Å². The molecule has 6 heteroatoms. The van der Waals surface area contributed by atoms with Crippen LogP contribution in [0.5, 0.6) is 0 Å². The molecular formula is C16H20N2O4. The van der Waals surface area contributed by atoms with Gasteiger partial charge in [-0.3, -0.25) is 9.59 Å². The van der Waals surface area contributed by atoms with Crippen molar-refractivity contribution >= 4 is 23.5 Å². The molecule has 1 aliphatic rings. The molecule has 0 spiro atoms. The maximum atomic E-state index is 11.8. The summed E-state index contributed by atoms with van der Waals surface area (Å²) in [5, 5.41) is 2.63. The number of hydrogen-bond acceptors (Lipinski definition) is 4. The molecule has 2 rings (SSSR count). The summed E-state index contributed by atoms with van der Waals surface area (Å²) in [5.41, 5.74) is 1.14. The number of nitrogens with zero attached hydrogens (tertiary/aromatic N) is 1. The summed E-state index contributed by atoms with van der Waals surface area (Å²) in [6.45, 7) is 2.93. The fraction of sp³-hybridized carbons (Fsp3) is 0.438. The van der Waals surface area contributed by atoms with Gasteiger partial charge in [-0.1, -0.05) is 6.92 Å². The predicted molar refractivity (Wildman–Crippen MR) is 81.6 cm³/mol. The summed E-state index contributed by atoms with van der Waals surface area (Å²) in [4.78, 5) is 36.6. The Bertz CT molecular complexity index is 554. The minimum Gasteiger partial charge on any atom is -0.452 e. The lowest BCUT2D eigenvalue weighted by Crippen LogP contribution is -2.29. The third kappa shape index (κ3) is 4.07. The summed E-state index contributed by atoms with van der Waals surface area (Å²) in [7, 11) is 0. The number of hydrogen-bond donors (Lipinski definition) is 1. The van der Waals surface area contributed by atoms with Crippen molar-refractivity contribution in [2.24, 2.45) is 0 Å². The first-order valence-electron chi connectivity index (χ1n) is 7.46. The second-order valence-corrected chi connectivity index (χ2v) is 5.12. The summed E-state index contributed by atoms with van der Waals surface area (Å²) in [5.74, 6) is -0.761. The average Bonchev–Trinajstić information content (AvgIpc) is 2.96. The van der Waals surface area contributed by atoms with Crippen LogP contribution in [0.2, 0.25) is 0 Å². The summed E-state index contributed by atoms with van der Waals surface area (Å²) in [6, 6.07) is 6.65. The molecule has 118 valence electrons. The molecule has 1 heterocycles. The number of carbonyl (C=O) groups excluding carboxylic acids is 3. The van der Waals surface area contributed by atoms with Gasteiger partial charge in [-0.15, -0.1) is 0 Å². The Kier molecular flexibility index (Phi) is 5.52. The van der Waals surface area contributed by atoms with Crippen LogP contribution in [0.1, 0.15) is 36.5 Å². The van der Waals surface area contributed by atoms with Crippen LogP contribution in [-0.4, -0.2) is 37.5 Å². The normalized spacial score (nSPS) is 14.0. The van der Waals surface area contributed by atoms with E-state index in [2.05, 4.69) is 5.32 Å². The van der Waals surface area contributed by atoms with Gasteiger partial charge in [0, 0.05) is 25.2 Å². The van der Waals surface area contributed by atoms with Crippen molar-refractivity contribution in [3.8, 4) is 0 Å². The second-order valence-electron chi connectivity index (χ2n) is 5.12. The molecule has 1 fully saturated rings. The van der Waals surface area contributed by atoms with Gasteiger partial charge in [0.2, 0.25) is 5.91 Å². The van der Waals surface area contributed by atoms with Gasteiger partial charge in [0.15, 0.2) is 6.61 Å². The highest BCUT2D eigenvalue weighted by molar-refractivity contribution is 5.96. The highest BCUT2D eigenvalue weighted by atomic mass is 16.5. The molecule has 1 aliphatic heterocycles. The molecule has 0 radical (unpaired) electrons. The Morgan fingerprint density at radius 3 is 2.59 bits per heavy atom. The van der Waals surface area contributed by atoms with Crippen LogP contribution in [-0.2, 0) is 14.3 Å². The lowest BCUT2D eigenvalue weighted by molar-refractivity contribution is -0.124. The molecule has 6 nitrogen and oxygen atoms in total. The van der Waals surface area contributed by atoms with Crippen molar-refractivity contribution in [1.82, 2.24) is 5.32 Å². The SMILES string of the molecule is CCCNC(=O)COC(=O)c1ccc(N2CCCC2=O)cc1. The van der Waals surface area contributed by atoms with Crippen molar-refractivity contribution in [1.29, 1.82) is 0 Å². The molecule has 1 saturated heterocycles. The van der Waals surface area contributed by atoms with Gasteiger partial charge in [-0.25, -0.2) is 4.79 Å². The third-order valence-corrected chi connectivity index (χ3v) is 3.39. The number of anilines is 1. The van der Waals surface area contributed by atoms with Gasteiger partial charge in [0.25, 0.3) is 5.91 Å². The molecule has 2 amide bonds. The van der Waals surface area contributed by atoms with E-state index in [1.165, 1.54) is 0 Å². The Labute approximate surface area is 129 Å². The van der Waals surface area contributed by atoms with Crippen LogP contribution >= 0.6 is 0 Å². The average molecular weight is 304 g/mol. The van der Waals surface area contributed by atoms with Crippen LogP contribution in [0, 0.1) is 0 Å². The molecule has 0 unspecified atom stereocenters. The molecule has 1 N–H and O–H groups in total. The van der Waals surface area contributed by atoms with E-state index in [-0.39, 0.29) is 18.4 Å². The minimum absolute atomic E-state index is 0.0999. The van der Waals surface area contributed by atoms with Crippen LogP contribution in [0.4, 0.5) is 5.69 Å². The summed E-state index contributed by atoms with van der Waals surface area (Å²) in [6.07, 6.45) is 2.25. The Morgan fingerprint density at radius 2 is 2.00 bits per heavy atom. The first kappa shape index (κ1) is 16.0. The molecule has 0 aromatic heterocycles. The summed E-state index contributed by atoms with van der Waals surface area (Å²) < 4.78 is 4.94. The maximum Gasteiger partial charge on any atom is 0.338 e. The van der Waals surface area contributed by atoms with Crippen molar-refractivity contribution in [3.63, 3.8) is 0 Å². The fourth-order valence-corrected chi connectivity index (χ4v) is 2.23. The topological polar surface area (TPSA) is 75.7 Å². The van der Waals surface area contributed by atoms with Crippen molar-refractivity contribution in [3.05, 3.63) is 29.8 Å². The first-order chi connectivity index (χ1) is 10.6. The zero-order chi connectivity index (χ0) is 15.9. The van der Waals surface area contributed by atoms with Gasteiger partial charge in [-0.2, -0.15) is 0 Å². The quantitative estimate of drug-likeness (QED) is 0.808. The standard InChI is InChI=1S/C16H20N2O4/c1-2-9-17-14(19)11-22-16(21)12-5-7-13(8-6-12)18-10-3-4-15(18)20/h5-8H,2-4,9-11H2,1H3,(H,17,19). The molecule has 0 atom stereocenters. The van der Waals surface area contributed by atoms with Crippen LogP contribution in [0.3, 0.4) is 0 Å². The zero-order valence-electron chi connectivity index (χ0n) is 12.6. The van der Waals surface area contributed by atoms with Crippen molar-refractivity contribution in [2.45, 2.75) is 26.2 Å². The zero-order valence-corrected chi connectivity index (χ0v) is 12.6. The van der Waals surface area contributed by atoms with E-state index in [1.807, 2.05) is 6.92 Å². The van der Waals surface area contributed by atoms with E-state index < -0.39 is 5.97 Å². The number of amides is 2. The lowest BCUT2D eigenvalue weighted by Gasteiger charge is -2.15. The molecule has 22 heavy (non-hydrogen) atoms. The van der Waals surface area contributed by atoms with E-state index in [4.69, 9.17) is 4.74 Å². The van der Waals surface area contributed by atoms with Crippen LogP contribution < -0.4 is 10.2 Å². The highest BCUT2D eigenvalue weighted by Gasteiger charge is 2.21. The van der Waals surface area contributed by atoms with E-state index in [0.29, 0.717) is 25.1 Å². The number of ether oxygens (including phenoxy) is 1. The monoisotopic (exact) mass is 304 g/mol. The van der Waals surface area contributed by atoms with Gasteiger partial charge >= 0.3 is 5.97 Å². The van der Waals surface area contributed by atoms with Crippen molar-refractivity contribution < 1.29 is 19.1 Å². The summed E-state index contributed by atoms with van der Waals surface area (Å²) >= 11 is 0. The number of nitrogens with one attached hydrogen (secondary N) is 1. The van der Waals surface area contributed by atoms with E-state index in [9.17, 15) is 14.4 Å². The maximum absolute atomic E-state index is 11.8. The number of benzene rings is 1. The number of esters is 1. The van der Waals surface area contributed by atoms with Gasteiger partial charge in [0.05, 0.1) is 5.56 Å². The molecular weight excluding hydrogens is 284 g/mol. The Balaban J connectivity index is 1.88. The number of rotatable bonds is 6.